The van der Waals surface area contributed by atoms with Gasteiger partial charge in [0.15, 0.2) is 0 Å². The highest BCUT2D eigenvalue weighted by molar-refractivity contribution is 5.67. The van der Waals surface area contributed by atoms with Crippen LogP contribution in [0, 0.1) is 0 Å². The summed E-state index contributed by atoms with van der Waals surface area (Å²) in [4.78, 5) is 4.20. The molecular weight excluding hydrogens is 268 g/mol. The lowest BCUT2D eigenvalue weighted by Crippen LogP contribution is -2.02. The fourth-order valence-corrected chi connectivity index (χ4v) is 2.06. The van der Waals surface area contributed by atoms with Gasteiger partial charge in [-0.05, 0) is 12.1 Å². The Bertz CT molecular complexity index is 733. The molecule has 2 aromatic heterocycles. The Hall–Kier alpha value is -2.76. The third-order valence-electron chi connectivity index (χ3n) is 3.22. The van der Waals surface area contributed by atoms with E-state index in [2.05, 4.69) is 15.2 Å². The number of aryl methyl sites for hydroxylation is 1. The second kappa shape index (κ2) is 5.70. The summed E-state index contributed by atoms with van der Waals surface area (Å²) in [7, 11) is 3.57. The van der Waals surface area contributed by atoms with Gasteiger partial charge in [-0.2, -0.15) is 0 Å². The average Bonchev–Trinajstić information content (AvgIpc) is 3.14. The molecular formula is C15H16N4O2. The van der Waals surface area contributed by atoms with E-state index in [4.69, 9.17) is 9.47 Å². The monoisotopic (exact) mass is 284 g/mol. The van der Waals surface area contributed by atoms with Gasteiger partial charge in [-0.25, -0.2) is 4.98 Å². The van der Waals surface area contributed by atoms with Crippen molar-refractivity contribution >= 4 is 0 Å². The van der Waals surface area contributed by atoms with Crippen LogP contribution in [0.1, 0.15) is 5.82 Å². The van der Waals surface area contributed by atoms with Gasteiger partial charge in [0.25, 0.3) is 0 Å². The Morgan fingerprint density at radius 3 is 2.90 bits per heavy atom. The minimum absolute atomic E-state index is 0.375. The topological polar surface area (TPSA) is 65.0 Å². The van der Waals surface area contributed by atoms with Crippen molar-refractivity contribution in [2.45, 2.75) is 6.61 Å². The summed E-state index contributed by atoms with van der Waals surface area (Å²) in [6, 6.07) is 9.60. The zero-order valence-electron chi connectivity index (χ0n) is 11.9. The summed E-state index contributed by atoms with van der Waals surface area (Å²) in [6.07, 6.45) is 3.62. The minimum Gasteiger partial charge on any atom is -0.496 e. The minimum atomic E-state index is 0.375. The highest BCUT2D eigenvalue weighted by Gasteiger charge is 2.10. The van der Waals surface area contributed by atoms with Gasteiger partial charge in [0, 0.05) is 31.1 Å². The van der Waals surface area contributed by atoms with Crippen LogP contribution < -0.4 is 9.47 Å². The van der Waals surface area contributed by atoms with E-state index in [1.807, 2.05) is 48.1 Å². The highest BCUT2D eigenvalue weighted by Crippen LogP contribution is 2.29. The molecule has 1 aromatic carbocycles. The number of nitrogens with one attached hydrogen (secondary N) is 1. The first-order chi connectivity index (χ1) is 10.3. The number of methoxy groups -OCH3 is 1. The molecule has 3 aromatic rings. The Labute approximate surface area is 122 Å². The summed E-state index contributed by atoms with van der Waals surface area (Å²) < 4.78 is 12.9. The zero-order chi connectivity index (χ0) is 14.7. The maximum Gasteiger partial charge on any atom is 0.233 e. The Morgan fingerprint density at radius 1 is 1.29 bits per heavy atom. The summed E-state index contributed by atoms with van der Waals surface area (Å²) >= 11 is 0. The standard InChI is InChI=1S/C15H16N4O2/c1-19-8-7-16-14(19)10-21-15-9-12(17-18-15)11-5-3-4-6-13(11)20-2/h3-9H,10H2,1-2H3,(H,17,18). The van der Waals surface area contributed by atoms with E-state index in [0.29, 0.717) is 12.5 Å². The number of rotatable bonds is 5. The number of aromatic nitrogens is 4. The molecule has 0 bridgehead atoms. The lowest BCUT2D eigenvalue weighted by atomic mass is 10.1. The number of hydrogen-bond donors (Lipinski definition) is 1. The van der Waals surface area contributed by atoms with Gasteiger partial charge < -0.3 is 14.0 Å². The second-order valence-electron chi connectivity index (χ2n) is 4.56. The van der Waals surface area contributed by atoms with Gasteiger partial charge >= 0.3 is 0 Å². The molecule has 0 saturated heterocycles. The fraction of sp³-hybridized carbons (Fsp3) is 0.200. The van der Waals surface area contributed by atoms with Crippen molar-refractivity contribution < 1.29 is 9.47 Å². The van der Waals surface area contributed by atoms with Crippen LogP contribution in [0.25, 0.3) is 11.3 Å². The SMILES string of the molecule is COc1ccccc1-c1cc(OCc2nccn2C)n[nH]1. The van der Waals surface area contributed by atoms with E-state index in [0.717, 1.165) is 22.8 Å². The number of ether oxygens (including phenoxy) is 2. The van der Waals surface area contributed by atoms with Crippen LogP contribution in [0.3, 0.4) is 0 Å². The predicted octanol–water partition coefficient (Wildman–Crippen LogP) is 2.40. The van der Waals surface area contributed by atoms with E-state index in [1.54, 1.807) is 13.3 Å². The Morgan fingerprint density at radius 2 is 2.14 bits per heavy atom. The van der Waals surface area contributed by atoms with Crippen molar-refractivity contribution in [3.05, 3.63) is 48.5 Å². The molecule has 0 aliphatic heterocycles. The van der Waals surface area contributed by atoms with Crippen molar-refractivity contribution in [1.82, 2.24) is 19.7 Å². The average molecular weight is 284 g/mol. The highest BCUT2D eigenvalue weighted by atomic mass is 16.5. The molecule has 6 heteroatoms. The lowest BCUT2D eigenvalue weighted by Gasteiger charge is -2.05. The molecule has 0 saturated carbocycles. The van der Waals surface area contributed by atoms with Crippen LogP contribution in [0.4, 0.5) is 0 Å². The maximum atomic E-state index is 5.64. The predicted molar refractivity (Wildman–Crippen MR) is 78.1 cm³/mol. The number of para-hydroxylation sites is 1. The number of imidazole rings is 1. The van der Waals surface area contributed by atoms with Gasteiger partial charge in [-0.3, -0.25) is 5.10 Å². The van der Waals surface area contributed by atoms with Gasteiger partial charge in [0.1, 0.15) is 18.2 Å². The molecule has 0 unspecified atom stereocenters. The van der Waals surface area contributed by atoms with Gasteiger partial charge in [-0.1, -0.05) is 12.1 Å². The first-order valence-corrected chi connectivity index (χ1v) is 6.55. The molecule has 0 spiro atoms. The van der Waals surface area contributed by atoms with E-state index >= 15 is 0 Å². The van der Waals surface area contributed by atoms with E-state index in [-0.39, 0.29) is 0 Å². The van der Waals surface area contributed by atoms with Crippen molar-refractivity contribution in [2.24, 2.45) is 7.05 Å². The Balaban J connectivity index is 1.76. The first kappa shape index (κ1) is 13.2. The largest absolute Gasteiger partial charge is 0.496 e. The van der Waals surface area contributed by atoms with E-state index in [1.165, 1.54) is 0 Å². The van der Waals surface area contributed by atoms with Crippen molar-refractivity contribution in [3.63, 3.8) is 0 Å². The summed E-state index contributed by atoms with van der Waals surface area (Å²) in [5.74, 6) is 2.16. The summed E-state index contributed by atoms with van der Waals surface area (Å²) in [6.45, 7) is 0.375. The van der Waals surface area contributed by atoms with Crippen LogP contribution in [0.15, 0.2) is 42.7 Å². The molecule has 0 aliphatic rings. The Kier molecular flexibility index (Phi) is 3.59. The quantitative estimate of drug-likeness (QED) is 0.781. The maximum absolute atomic E-state index is 5.64. The normalized spacial score (nSPS) is 10.6. The number of aromatic amines is 1. The molecule has 21 heavy (non-hydrogen) atoms. The first-order valence-electron chi connectivity index (χ1n) is 6.55. The van der Waals surface area contributed by atoms with Crippen LogP contribution in [0.2, 0.25) is 0 Å². The summed E-state index contributed by atoms with van der Waals surface area (Å²) in [5, 5.41) is 7.12. The van der Waals surface area contributed by atoms with Crippen molar-refractivity contribution in [2.75, 3.05) is 7.11 Å². The van der Waals surface area contributed by atoms with Gasteiger partial charge in [-0.15, -0.1) is 5.10 Å². The molecule has 0 amide bonds. The number of benzene rings is 1. The molecule has 2 heterocycles. The molecule has 0 atom stereocenters. The van der Waals surface area contributed by atoms with E-state index in [9.17, 15) is 0 Å². The van der Waals surface area contributed by atoms with Crippen molar-refractivity contribution in [1.29, 1.82) is 0 Å². The molecule has 6 nitrogen and oxygen atoms in total. The molecule has 1 N–H and O–H groups in total. The number of hydrogen-bond acceptors (Lipinski definition) is 4. The summed E-state index contributed by atoms with van der Waals surface area (Å²) in [5.41, 5.74) is 1.79. The zero-order valence-corrected chi connectivity index (χ0v) is 11.9. The molecule has 0 radical (unpaired) electrons. The third-order valence-corrected chi connectivity index (χ3v) is 3.22. The van der Waals surface area contributed by atoms with Crippen LogP contribution >= 0.6 is 0 Å². The molecule has 108 valence electrons. The lowest BCUT2D eigenvalue weighted by molar-refractivity contribution is 0.280. The van der Waals surface area contributed by atoms with Gasteiger partial charge in [0.05, 0.1) is 12.8 Å². The van der Waals surface area contributed by atoms with Crippen LogP contribution in [-0.2, 0) is 13.7 Å². The van der Waals surface area contributed by atoms with Crippen LogP contribution in [-0.4, -0.2) is 26.9 Å². The molecule has 3 rings (SSSR count). The fourth-order valence-electron chi connectivity index (χ4n) is 2.06. The number of H-pyrrole nitrogens is 1. The molecule has 0 fully saturated rings. The number of nitrogens with zero attached hydrogens (tertiary/aromatic N) is 3. The smallest absolute Gasteiger partial charge is 0.233 e. The van der Waals surface area contributed by atoms with Crippen molar-refractivity contribution in [3.8, 4) is 22.9 Å². The third kappa shape index (κ3) is 2.74. The molecule has 0 aliphatic carbocycles. The van der Waals surface area contributed by atoms with E-state index < -0.39 is 0 Å². The van der Waals surface area contributed by atoms with Gasteiger partial charge in [0.2, 0.25) is 5.88 Å². The van der Waals surface area contributed by atoms with Crippen LogP contribution in [0.5, 0.6) is 11.6 Å². The second-order valence-corrected chi connectivity index (χ2v) is 4.56.